The number of nitrogens with zero attached hydrogens (tertiary/aromatic N) is 3. The summed E-state index contributed by atoms with van der Waals surface area (Å²) in [4.78, 5) is 34.6. The van der Waals surface area contributed by atoms with Gasteiger partial charge in [-0.2, -0.15) is 13.2 Å². The van der Waals surface area contributed by atoms with Crippen LogP contribution in [0.1, 0.15) is 34.7 Å². The number of H-pyrrole nitrogens is 1. The van der Waals surface area contributed by atoms with Crippen LogP contribution in [0.25, 0.3) is 10.4 Å². The van der Waals surface area contributed by atoms with E-state index >= 15 is 0 Å². The number of fused-ring (bicyclic) bond motifs is 1. The van der Waals surface area contributed by atoms with Crippen molar-refractivity contribution in [2.45, 2.75) is 44.8 Å². The van der Waals surface area contributed by atoms with Crippen molar-refractivity contribution < 1.29 is 13.2 Å². The maximum Gasteiger partial charge on any atom is 0.416 e. The summed E-state index contributed by atoms with van der Waals surface area (Å²) in [5.41, 5.74) is 0.686. The van der Waals surface area contributed by atoms with Crippen molar-refractivity contribution in [3.63, 3.8) is 0 Å². The van der Waals surface area contributed by atoms with Crippen LogP contribution in [0, 0.1) is 19.8 Å². The third kappa shape index (κ3) is 5.27. The number of rotatable bonds is 6. The summed E-state index contributed by atoms with van der Waals surface area (Å²) in [5.74, 6) is 0.462. The van der Waals surface area contributed by atoms with E-state index in [0.717, 1.165) is 53.6 Å². The standard InChI is InChI=1S/C24H25F3N4O2S.2ClH/c1-14-20(34-15(2)28-14)19-12-31(22(33)29-21(19)32)9-3-8-30-11-18-10-23(18,13-30)16-4-6-17(7-5-16)24(25,26)27;;/h4-7,12,18H,3,8-11,13H2,1-2H3,(H,29,32,33);2*1H/t18-,23+;;/m0../s1. The number of aromatic amines is 1. The lowest BCUT2D eigenvalue weighted by molar-refractivity contribution is -0.137. The van der Waals surface area contributed by atoms with Gasteiger partial charge in [-0.05, 0) is 56.8 Å². The minimum Gasteiger partial charge on any atom is -0.302 e. The van der Waals surface area contributed by atoms with Gasteiger partial charge in [0, 0.05) is 31.2 Å². The van der Waals surface area contributed by atoms with Crippen LogP contribution in [0.3, 0.4) is 0 Å². The third-order valence-corrected chi connectivity index (χ3v) is 8.14. The van der Waals surface area contributed by atoms with E-state index in [1.807, 2.05) is 13.8 Å². The molecule has 0 amide bonds. The molecule has 1 N–H and O–H groups in total. The van der Waals surface area contributed by atoms with Crippen LogP contribution in [0.2, 0.25) is 0 Å². The number of aromatic nitrogens is 3. The predicted molar refractivity (Wildman–Crippen MR) is 139 cm³/mol. The number of hydrogen-bond donors (Lipinski definition) is 1. The van der Waals surface area contributed by atoms with E-state index in [1.165, 1.54) is 28.0 Å². The maximum atomic E-state index is 12.9. The van der Waals surface area contributed by atoms with Gasteiger partial charge in [0.1, 0.15) is 0 Å². The Balaban J connectivity index is 0.00000180. The zero-order valence-electron chi connectivity index (χ0n) is 19.7. The lowest BCUT2D eigenvalue weighted by Gasteiger charge is -2.21. The quantitative estimate of drug-likeness (QED) is 0.468. The summed E-state index contributed by atoms with van der Waals surface area (Å²) in [7, 11) is 0. The molecule has 0 unspecified atom stereocenters. The van der Waals surface area contributed by atoms with Gasteiger partial charge in [-0.15, -0.1) is 36.2 Å². The number of hydrogen-bond acceptors (Lipinski definition) is 5. The molecule has 1 saturated heterocycles. The highest BCUT2D eigenvalue weighted by Gasteiger charge is 2.60. The number of thiazole rings is 1. The first-order valence-corrected chi connectivity index (χ1v) is 12.1. The molecule has 1 aromatic carbocycles. The molecule has 196 valence electrons. The smallest absolute Gasteiger partial charge is 0.302 e. The summed E-state index contributed by atoms with van der Waals surface area (Å²) >= 11 is 1.43. The molecule has 36 heavy (non-hydrogen) atoms. The van der Waals surface area contributed by atoms with E-state index in [0.29, 0.717) is 18.0 Å². The first-order valence-electron chi connectivity index (χ1n) is 11.2. The van der Waals surface area contributed by atoms with Gasteiger partial charge in [0.05, 0.1) is 26.7 Å². The van der Waals surface area contributed by atoms with E-state index < -0.39 is 23.0 Å². The van der Waals surface area contributed by atoms with Crippen LogP contribution in [0.4, 0.5) is 13.2 Å². The zero-order chi connectivity index (χ0) is 24.3. The fraction of sp³-hybridized carbons (Fsp3) is 0.458. The highest BCUT2D eigenvalue weighted by Crippen LogP contribution is 2.59. The first-order chi connectivity index (χ1) is 16.1. The maximum absolute atomic E-state index is 12.9. The molecule has 6 nitrogen and oxygen atoms in total. The number of halogens is 5. The number of likely N-dealkylation sites (tertiary alicyclic amines) is 1. The number of piperidine rings is 1. The molecule has 0 bridgehead atoms. The predicted octanol–water partition coefficient (Wildman–Crippen LogP) is 4.80. The topological polar surface area (TPSA) is 71.0 Å². The van der Waals surface area contributed by atoms with Crippen LogP contribution in [-0.4, -0.2) is 39.1 Å². The number of aryl methyl sites for hydroxylation is 3. The first kappa shape index (κ1) is 28.4. The molecule has 3 aromatic rings. The molecule has 0 spiro atoms. The minimum atomic E-state index is -4.32. The van der Waals surface area contributed by atoms with Gasteiger partial charge in [-0.1, -0.05) is 12.1 Å². The highest BCUT2D eigenvalue weighted by atomic mass is 35.5. The Bertz CT molecular complexity index is 1350. The number of benzene rings is 1. The van der Waals surface area contributed by atoms with E-state index in [9.17, 15) is 22.8 Å². The molecule has 2 aromatic heterocycles. The Kier molecular flexibility index (Phi) is 8.15. The van der Waals surface area contributed by atoms with Crippen molar-refractivity contribution in [1.29, 1.82) is 0 Å². The van der Waals surface area contributed by atoms with Gasteiger partial charge in [-0.25, -0.2) is 9.78 Å². The molecule has 1 aliphatic heterocycles. The van der Waals surface area contributed by atoms with Gasteiger partial charge in [0.15, 0.2) is 0 Å². The molecule has 0 radical (unpaired) electrons. The van der Waals surface area contributed by atoms with Crippen LogP contribution in [0.5, 0.6) is 0 Å². The molecular formula is C24H27Cl2F3N4O2S. The van der Waals surface area contributed by atoms with E-state index in [4.69, 9.17) is 0 Å². The van der Waals surface area contributed by atoms with Crippen molar-refractivity contribution in [3.05, 3.63) is 73.1 Å². The fourth-order valence-electron chi connectivity index (χ4n) is 5.28. The Morgan fingerprint density at radius 1 is 1.14 bits per heavy atom. The molecule has 5 rings (SSSR count). The summed E-state index contributed by atoms with van der Waals surface area (Å²) in [6.07, 6.45) is -0.975. The van der Waals surface area contributed by atoms with E-state index in [1.54, 1.807) is 18.3 Å². The average Bonchev–Trinajstić information content (AvgIpc) is 3.17. The number of alkyl halides is 3. The van der Waals surface area contributed by atoms with Crippen molar-refractivity contribution in [3.8, 4) is 10.4 Å². The Morgan fingerprint density at radius 3 is 2.44 bits per heavy atom. The average molecular weight is 563 g/mol. The minimum absolute atomic E-state index is 0. The second kappa shape index (κ2) is 10.3. The van der Waals surface area contributed by atoms with E-state index in [-0.39, 0.29) is 30.2 Å². The Hall–Kier alpha value is -2.14. The summed E-state index contributed by atoms with van der Waals surface area (Å²) in [6, 6.07) is 5.59. The molecule has 2 fully saturated rings. The van der Waals surface area contributed by atoms with Gasteiger partial charge in [0.25, 0.3) is 5.56 Å². The highest BCUT2D eigenvalue weighted by molar-refractivity contribution is 7.15. The lowest BCUT2D eigenvalue weighted by atomic mass is 9.94. The van der Waals surface area contributed by atoms with Gasteiger partial charge in [-0.3, -0.25) is 14.3 Å². The van der Waals surface area contributed by atoms with Crippen LogP contribution < -0.4 is 11.2 Å². The largest absolute Gasteiger partial charge is 0.416 e. The molecule has 2 atom stereocenters. The Labute approximate surface area is 222 Å². The van der Waals surface area contributed by atoms with Crippen molar-refractivity contribution >= 4 is 36.2 Å². The van der Waals surface area contributed by atoms with Gasteiger partial charge >= 0.3 is 11.9 Å². The third-order valence-electron chi connectivity index (χ3n) is 7.04. The normalized spacial score (nSPS) is 21.0. The van der Waals surface area contributed by atoms with Crippen molar-refractivity contribution in [1.82, 2.24) is 19.4 Å². The molecule has 2 aliphatic rings. The van der Waals surface area contributed by atoms with Crippen LogP contribution in [-0.2, 0) is 18.1 Å². The molecular weight excluding hydrogens is 536 g/mol. The Morgan fingerprint density at radius 2 is 1.83 bits per heavy atom. The van der Waals surface area contributed by atoms with Crippen molar-refractivity contribution in [2.75, 3.05) is 19.6 Å². The SMILES string of the molecule is Cc1nc(C)c(-c2cn(CCCN3C[C@@H]4C[C@]4(c4ccc(C(F)(F)F)cc4)C3)c(=O)[nH]c2=O)s1.Cl.Cl. The second-order valence-electron chi connectivity index (χ2n) is 9.36. The molecule has 1 saturated carbocycles. The van der Waals surface area contributed by atoms with Crippen LogP contribution in [0.15, 0.2) is 40.1 Å². The monoisotopic (exact) mass is 562 g/mol. The van der Waals surface area contributed by atoms with Gasteiger partial charge < -0.3 is 4.90 Å². The zero-order valence-corrected chi connectivity index (χ0v) is 22.2. The molecule has 3 heterocycles. The summed E-state index contributed by atoms with van der Waals surface area (Å²) in [5, 5.41) is 0.860. The molecule has 12 heteroatoms. The summed E-state index contributed by atoms with van der Waals surface area (Å²) in [6.45, 7) is 6.69. The van der Waals surface area contributed by atoms with Crippen molar-refractivity contribution in [2.24, 2.45) is 5.92 Å². The molecule has 1 aliphatic carbocycles. The summed E-state index contributed by atoms with van der Waals surface area (Å²) < 4.78 is 40.2. The second-order valence-corrected chi connectivity index (χ2v) is 10.6. The number of nitrogens with one attached hydrogen (secondary N) is 1. The van der Waals surface area contributed by atoms with Crippen LogP contribution >= 0.6 is 36.2 Å². The van der Waals surface area contributed by atoms with Gasteiger partial charge in [0.2, 0.25) is 0 Å². The fourth-order valence-corrected chi connectivity index (χ4v) is 6.21. The lowest BCUT2D eigenvalue weighted by Crippen LogP contribution is -2.32. The van der Waals surface area contributed by atoms with E-state index in [2.05, 4.69) is 14.9 Å².